The predicted molar refractivity (Wildman–Crippen MR) is 153 cm³/mol. The Hall–Kier alpha value is -2.91. The van der Waals surface area contributed by atoms with Crippen LogP contribution in [0.3, 0.4) is 0 Å². The summed E-state index contributed by atoms with van der Waals surface area (Å²) in [6, 6.07) is 43.5. The summed E-state index contributed by atoms with van der Waals surface area (Å²) >= 11 is -0.826. The van der Waals surface area contributed by atoms with Crippen molar-refractivity contribution >= 4 is 28.4 Å². The van der Waals surface area contributed by atoms with Crippen molar-refractivity contribution in [3.63, 3.8) is 0 Å². The zero-order valence-corrected chi connectivity index (χ0v) is 24.1. The summed E-state index contributed by atoms with van der Waals surface area (Å²) in [5, 5.41) is 9.43. The van der Waals surface area contributed by atoms with Gasteiger partial charge in [-0.3, -0.25) is 4.98 Å². The number of rotatable bonds is 8. The smallest absolute Gasteiger partial charge is 0.0230 e. The molecule has 5 rings (SSSR count). The van der Waals surface area contributed by atoms with Crippen LogP contribution in [0.25, 0.3) is 32.9 Å². The molecule has 37 heavy (non-hydrogen) atoms. The first-order chi connectivity index (χ1) is 18.2. The number of aromatic nitrogens is 1. The van der Waals surface area contributed by atoms with Crippen molar-refractivity contribution in [3.05, 3.63) is 149 Å². The molecular formula is C31H25Cl2N3Zr. The van der Waals surface area contributed by atoms with Crippen molar-refractivity contribution in [2.24, 2.45) is 0 Å². The Balaban J connectivity index is 0.00000102. The Bertz CT molecular complexity index is 1250. The minimum absolute atomic E-state index is 0.546. The molecule has 0 amide bonds. The van der Waals surface area contributed by atoms with Crippen LogP contribution >= 0.6 is 17.0 Å². The summed E-state index contributed by atoms with van der Waals surface area (Å²) in [6.07, 6.45) is 0. The van der Waals surface area contributed by atoms with Crippen molar-refractivity contribution in [3.8, 4) is 22.3 Å². The fourth-order valence-corrected chi connectivity index (χ4v) is 3.83. The number of halogens is 2. The molecule has 0 saturated heterocycles. The van der Waals surface area contributed by atoms with Gasteiger partial charge in [0.05, 0.1) is 0 Å². The van der Waals surface area contributed by atoms with Gasteiger partial charge in [-0.25, -0.2) is 0 Å². The monoisotopic (exact) mass is 599 g/mol. The molecular weight excluding hydrogens is 576 g/mol. The van der Waals surface area contributed by atoms with Gasteiger partial charge in [-0.15, -0.1) is 11.4 Å². The Morgan fingerprint density at radius 3 is 1.19 bits per heavy atom. The van der Waals surface area contributed by atoms with E-state index in [9.17, 15) is 0 Å². The van der Waals surface area contributed by atoms with Crippen molar-refractivity contribution in [1.29, 1.82) is 0 Å². The molecule has 1 heterocycles. The molecule has 0 aliphatic carbocycles. The normalized spacial score (nSPS) is 10.0. The Labute approximate surface area is 237 Å². The van der Waals surface area contributed by atoms with Crippen LogP contribution in [0, 0.1) is 0 Å². The number of benzene rings is 4. The molecule has 0 atom stereocenters. The van der Waals surface area contributed by atoms with Crippen LogP contribution in [-0.2, 0) is 33.9 Å². The van der Waals surface area contributed by atoms with Gasteiger partial charge in [-0.05, 0) is 34.4 Å². The third-order valence-corrected chi connectivity index (χ3v) is 5.66. The van der Waals surface area contributed by atoms with Crippen LogP contribution < -0.4 is 0 Å². The van der Waals surface area contributed by atoms with E-state index in [-0.39, 0.29) is 0 Å². The predicted octanol–water partition coefficient (Wildman–Crippen LogP) is 10.2. The van der Waals surface area contributed by atoms with Gasteiger partial charge in [0.2, 0.25) is 0 Å². The minimum atomic E-state index is -0.826. The van der Waals surface area contributed by atoms with E-state index < -0.39 is 20.8 Å². The largest absolute Gasteiger partial charge is 0.679 e. The second kappa shape index (κ2) is 14.7. The molecule has 0 spiro atoms. The SMILES string of the molecule is [Cl][Zr+2][Cl].c1ccc(-c2ccc([N-]Cc3cccc(C[N-]c4ccc(-c5ccccc5)cc4)n3)cc2)cc1. The average Bonchev–Trinajstić information content (AvgIpc) is 2.97. The average molecular weight is 602 g/mol. The Kier molecular flexibility index (Phi) is 10.8. The maximum Gasteiger partial charge on any atom is 0.0230 e. The molecule has 0 aliphatic heterocycles. The van der Waals surface area contributed by atoms with E-state index in [4.69, 9.17) is 32.6 Å². The molecule has 0 fully saturated rings. The van der Waals surface area contributed by atoms with Crippen molar-refractivity contribution < 1.29 is 20.8 Å². The first kappa shape index (κ1) is 27.1. The molecule has 1 aromatic heterocycles. The van der Waals surface area contributed by atoms with Gasteiger partial charge in [0.25, 0.3) is 0 Å². The van der Waals surface area contributed by atoms with Crippen LogP contribution in [0.15, 0.2) is 127 Å². The summed E-state index contributed by atoms with van der Waals surface area (Å²) in [4.78, 5) is 4.75. The Morgan fingerprint density at radius 2 is 0.811 bits per heavy atom. The fraction of sp³-hybridized carbons (Fsp3) is 0.0645. The van der Waals surface area contributed by atoms with E-state index in [2.05, 4.69) is 97.1 Å². The van der Waals surface area contributed by atoms with Crippen LogP contribution in [-0.4, -0.2) is 4.98 Å². The number of hydrogen-bond acceptors (Lipinski definition) is 1. The van der Waals surface area contributed by atoms with E-state index in [0.29, 0.717) is 13.1 Å². The van der Waals surface area contributed by atoms with Crippen LogP contribution in [0.5, 0.6) is 0 Å². The molecule has 182 valence electrons. The molecule has 0 radical (unpaired) electrons. The second-order valence-electron chi connectivity index (χ2n) is 8.15. The molecule has 0 N–H and O–H groups in total. The molecule has 0 saturated carbocycles. The van der Waals surface area contributed by atoms with Gasteiger partial charge in [-0.1, -0.05) is 128 Å². The fourth-order valence-electron chi connectivity index (χ4n) is 3.83. The van der Waals surface area contributed by atoms with Gasteiger partial charge in [0.15, 0.2) is 0 Å². The minimum Gasteiger partial charge on any atom is -0.679 e. The topological polar surface area (TPSA) is 41.1 Å². The summed E-state index contributed by atoms with van der Waals surface area (Å²) in [5.41, 5.74) is 8.60. The van der Waals surface area contributed by atoms with E-state index in [0.717, 1.165) is 22.8 Å². The Morgan fingerprint density at radius 1 is 0.459 bits per heavy atom. The zero-order chi connectivity index (χ0) is 25.7. The first-order valence-electron chi connectivity index (χ1n) is 11.8. The quantitative estimate of drug-likeness (QED) is 0.174. The van der Waals surface area contributed by atoms with E-state index in [1.165, 1.54) is 22.3 Å². The maximum absolute atomic E-state index is 4.93. The van der Waals surface area contributed by atoms with Crippen molar-refractivity contribution in [1.82, 2.24) is 4.98 Å². The summed E-state index contributed by atoms with van der Waals surface area (Å²) in [5.74, 6) is 0. The number of hydrogen-bond donors (Lipinski definition) is 0. The standard InChI is InChI=1S/C31H25N3.2ClH.Zr/c1-3-8-24(9-4-1)26-14-18-28(19-15-26)32-22-30-12-7-13-31(34-30)23-33-29-20-16-27(17-21-29)25-10-5-2-6-11-25;;;/h1-21H,22-23H2;2*1H;/q-2;;;+4/p-2. The van der Waals surface area contributed by atoms with Gasteiger partial charge in [0.1, 0.15) is 0 Å². The summed E-state index contributed by atoms with van der Waals surface area (Å²) < 4.78 is 0. The zero-order valence-electron chi connectivity index (χ0n) is 20.1. The van der Waals surface area contributed by atoms with Crippen LogP contribution in [0.1, 0.15) is 11.4 Å². The molecule has 6 heteroatoms. The van der Waals surface area contributed by atoms with Crippen molar-refractivity contribution in [2.75, 3.05) is 0 Å². The third kappa shape index (κ3) is 8.57. The third-order valence-electron chi connectivity index (χ3n) is 5.66. The van der Waals surface area contributed by atoms with E-state index in [1.54, 1.807) is 0 Å². The van der Waals surface area contributed by atoms with E-state index in [1.807, 2.05) is 30.3 Å². The van der Waals surface area contributed by atoms with Gasteiger partial charge >= 0.3 is 37.9 Å². The number of nitrogens with zero attached hydrogens (tertiary/aromatic N) is 3. The van der Waals surface area contributed by atoms with Crippen LogP contribution in [0.2, 0.25) is 0 Å². The molecule has 4 aromatic carbocycles. The molecule has 0 unspecified atom stereocenters. The first-order valence-corrected chi connectivity index (χ1v) is 18.2. The molecule has 3 nitrogen and oxygen atoms in total. The molecule has 0 bridgehead atoms. The van der Waals surface area contributed by atoms with Crippen molar-refractivity contribution in [2.45, 2.75) is 13.1 Å². The van der Waals surface area contributed by atoms with Gasteiger partial charge in [0, 0.05) is 11.4 Å². The van der Waals surface area contributed by atoms with Crippen LogP contribution in [0.4, 0.5) is 11.4 Å². The van der Waals surface area contributed by atoms with E-state index >= 15 is 0 Å². The van der Waals surface area contributed by atoms with Gasteiger partial charge < -0.3 is 10.6 Å². The number of pyridine rings is 1. The molecule has 0 aliphatic rings. The molecule has 5 aromatic rings. The van der Waals surface area contributed by atoms with Gasteiger partial charge in [-0.2, -0.15) is 0 Å². The maximum atomic E-state index is 4.93. The second-order valence-corrected chi connectivity index (χ2v) is 11.9. The summed E-state index contributed by atoms with van der Waals surface area (Å²) in [7, 11) is 9.87. The summed E-state index contributed by atoms with van der Waals surface area (Å²) in [6.45, 7) is 1.09.